The largest absolute Gasteiger partial charge is 0.454 e. The van der Waals surface area contributed by atoms with E-state index < -0.39 is 5.97 Å². The molecule has 7 heteroatoms. The average Bonchev–Trinajstić information content (AvgIpc) is 3.01. The molecule has 0 radical (unpaired) electrons. The highest BCUT2D eigenvalue weighted by atomic mass is 127. The Balaban J connectivity index is 1.86. The molecule has 2 rings (SSSR count). The van der Waals surface area contributed by atoms with Gasteiger partial charge < -0.3 is 10.1 Å². The molecule has 1 heterocycles. The van der Waals surface area contributed by atoms with E-state index in [9.17, 15) is 14.4 Å². The molecule has 0 fully saturated rings. The third-order valence-electron chi connectivity index (χ3n) is 3.11. The molecule has 24 heavy (non-hydrogen) atoms. The molecule has 5 nitrogen and oxygen atoms in total. The van der Waals surface area contributed by atoms with E-state index in [4.69, 9.17) is 4.74 Å². The van der Waals surface area contributed by atoms with Crippen molar-refractivity contribution in [2.24, 2.45) is 0 Å². The highest BCUT2D eigenvalue weighted by molar-refractivity contribution is 14.1. The van der Waals surface area contributed by atoms with Crippen molar-refractivity contribution < 1.29 is 19.1 Å². The first-order valence-corrected chi connectivity index (χ1v) is 9.15. The normalized spacial score (nSPS) is 10.2. The lowest BCUT2D eigenvalue weighted by molar-refractivity contribution is -0.118. The number of Topliss-reactive ketones (excluding diaryl/α,β-unsaturated/α-hetero) is 1. The van der Waals surface area contributed by atoms with Crippen molar-refractivity contribution in [1.29, 1.82) is 0 Å². The molecule has 0 saturated heterocycles. The second kappa shape index (κ2) is 8.93. The van der Waals surface area contributed by atoms with E-state index in [0.29, 0.717) is 23.4 Å². The van der Waals surface area contributed by atoms with Gasteiger partial charge in [0.05, 0.1) is 10.4 Å². The second-order valence-electron chi connectivity index (χ2n) is 4.98. The van der Waals surface area contributed by atoms with Gasteiger partial charge >= 0.3 is 5.97 Å². The van der Waals surface area contributed by atoms with Crippen LogP contribution in [0.25, 0.3) is 0 Å². The van der Waals surface area contributed by atoms with Crippen molar-refractivity contribution in [3.05, 3.63) is 55.3 Å². The molecule has 0 aliphatic heterocycles. The van der Waals surface area contributed by atoms with Crippen LogP contribution in [-0.4, -0.2) is 30.8 Å². The first-order chi connectivity index (χ1) is 11.5. The number of carbonyl (C=O) groups excluding carboxylic acids is 3. The fraction of sp³-hybridized carbons (Fsp3) is 0.235. The summed E-state index contributed by atoms with van der Waals surface area (Å²) in [5.41, 5.74) is 0.452. The summed E-state index contributed by atoms with van der Waals surface area (Å²) in [6, 6.07) is 10.6. The molecule has 0 spiro atoms. The van der Waals surface area contributed by atoms with E-state index in [1.165, 1.54) is 18.3 Å². The number of esters is 1. The number of amides is 1. The Morgan fingerprint density at radius 2 is 1.92 bits per heavy atom. The van der Waals surface area contributed by atoms with Crippen LogP contribution in [0.4, 0.5) is 0 Å². The van der Waals surface area contributed by atoms with E-state index in [-0.39, 0.29) is 18.3 Å². The monoisotopic (exact) mass is 457 g/mol. The molecule has 1 N–H and O–H groups in total. The van der Waals surface area contributed by atoms with Crippen LogP contribution in [0.2, 0.25) is 0 Å². The van der Waals surface area contributed by atoms with Gasteiger partial charge in [0.1, 0.15) is 0 Å². The van der Waals surface area contributed by atoms with Crippen molar-refractivity contribution in [3.63, 3.8) is 0 Å². The average molecular weight is 457 g/mol. The zero-order chi connectivity index (χ0) is 17.5. The lowest BCUT2D eigenvalue weighted by Crippen LogP contribution is -2.22. The molecule has 1 aromatic heterocycles. The van der Waals surface area contributed by atoms with E-state index in [0.717, 1.165) is 8.45 Å². The Labute approximate surface area is 157 Å². The van der Waals surface area contributed by atoms with Gasteiger partial charge in [-0.15, -0.1) is 11.3 Å². The first-order valence-electron chi connectivity index (χ1n) is 7.25. The van der Waals surface area contributed by atoms with Crippen LogP contribution in [0.3, 0.4) is 0 Å². The van der Waals surface area contributed by atoms with Gasteiger partial charge in [0.2, 0.25) is 11.7 Å². The van der Waals surface area contributed by atoms with E-state index >= 15 is 0 Å². The van der Waals surface area contributed by atoms with Gasteiger partial charge in [0, 0.05) is 21.9 Å². The summed E-state index contributed by atoms with van der Waals surface area (Å²) in [4.78, 5) is 36.5. The van der Waals surface area contributed by atoms with Crippen LogP contribution >= 0.6 is 33.9 Å². The predicted molar refractivity (Wildman–Crippen MR) is 100 cm³/mol. The lowest BCUT2D eigenvalue weighted by atomic mass is 10.2. The van der Waals surface area contributed by atoms with Crippen LogP contribution in [0.5, 0.6) is 0 Å². The number of benzene rings is 1. The Morgan fingerprint density at radius 1 is 1.17 bits per heavy atom. The molecule has 1 amide bonds. The molecular weight excluding hydrogens is 441 g/mol. The summed E-state index contributed by atoms with van der Waals surface area (Å²) in [5.74, 6) is -0.814. The second-order valence-corrected chi connectivity index (χ2v) is 7.31. The Kier molecular flexibility index (Phi) is 6.92. The van der Waals surface area contributed by atoms with Crippen molar-refractivity contribution in [1.82, 2.24) is 5.32 Å². The Hall–Kier alpha value is -1.74. The smallest absolute Gasteiger partial charge is 0.339 e. The minimum absolute atomic E-state index is 0.0784. The molecule has 0 aliphatic rings. The minimum Gasteiger partial charge on any atom is -0.454 e. The van der Waals surface area contributed by atoms with Gasteiger partial charge in [-0.05, 0) is 53.3 Å². The number of thiophene rings is 1. The predicted octanol–water partition coefficient (Wildman–Crippen LogP) is 3.07. The number of hydrogen-bond donors (Lipinski definition) is 1. The van der Waals surface area contributed by atoms with E-state index in [1.54, 1.807) is 24.3 Å². The molecule has 2 aromatic rings. The zero-order valence-electron chi connectivity index (χ0n) is 13.0. The highest BCUT2D eigenvalue weighted by Gasteiger charge is 2.15. The highest BCUT2D eigenvalue weighted by Crippen LogP contribution is 2.18. The maximum Gasteiger partial charge on any atom is 0.339 e. The number of halogens is 1. The maximum atomic E-state index is 12.1. The van der Waals surface area contributed by atoms with Crippen molar-refractivity contribution in [2.75, 3.05) is 13.2 Å². The zero-order valence-corrected chi connectivity index (χ0v) is 16.0. The number of ether oxygens (including phenoxy) is 1. The molecular formula is C17H16INO4S. The van der Waals surface area contributed by atoms with Crippen molar-refractivity contribution >= 4 is 51.6 Å². The summed E-state index contributed by atoms with van der Waals surface area (Å²) in [6.07, 6.45) is 0.666. The SMILES string of the molecule is CC(=O)NCCc1ccc(C(=O)COC(=O)c2ccccc2I)s1. The van der Waals surface area contributed by atoms with Crippen molar-refractivity contribution in [3.8, 4) is 0 Å². The summed E-state index contributed by atoms with van der Waals surface area (Å²) < 4.78 is 5.88. The molecule has 0 aliphatic carbocycles. The van der Waals surface area contributed by atoms with E-state index in [1.807, 2.05) is 12.1 Å². The van der Waals surface area contributed by atoms with Crippen LogP contribution < -0.4 is 5.32 Å². The topological polar surface area (TPSA) is 72.5 Å². The number of carbonyl (C=O) groups is 3. The third kappa shape index (κ3) is 5.41. The maximum absolute atomic E-state index is 12.1. The molecule has 0 atom stereocenters. The van der Waals surface area contributed by atoms with Gasteiger partial charge in [-0.3, -0.25) is 9.59 Å². The van der Waals surface area contributed by atoms with Crippen molar-refractivity contribution in [2.45, 2.75) is 13.3 Å². The van der Waals surface area contributed by atoms with E-state index in [2.05, 4.69) is 27.9 Å². The minimum atomic E-state index is -0.504. The summed E-state index contributed by atoms with van der Waals surface area (Å²) in [5, 5.41) is 2.71. The lowest BCUT2D eigenvalue weighted by Gasteiger charge is -2.05. The number of nitrogens with one attached hydrogen (secondary N) is 1. The summed E-state index contributed by atoms with van der Waals surface area (Å²) >= 11 is 3.40. The number of ketones is 1. The molecule has 1 aromatic carbocycles. The van der Waals surface area contributed by atoms with Gasteiger partial charge in [-0.25, -0.2) is 4.79 Å². The fourth-order valence-electron chi connectivity index (χ4n) is 1.93. The van der Waals surface area contributed by atoms with Crippen LogP contribution in [0, 0.1) is 3.57 Å². The van der Waals surface area contributed by atoms with Crippen LogP contribution in [0.15, 0.2) is 36.4 Å². The van der Waals surface area contributed by atoms with Crippen LogP contribution in [-0.2, 0) is 16.0 Å². The van der Waals surface area contributed by atoms with Gasteiger partial charge in [-0.1, -0.05) is 12.1 Å². The fourth-order valence-corrected chi connectivity index (χ4v) is 3.47. The third-order valence-corrected chi connectivity index (χ3v) is 5.24. The molecule has 126 valence electrons. The number of hydrogen-bond acceptors (Lipinski definition) is 5. The van der Waals surface area contributed by atoms with Crippen LogP contribution in [0.1, 0.15) is 31.8 Å². The molecule has 0 unspecified atom stereocenters. The Bertz CT molecular complexity index is 757. The summed E-state index contributed by atoms with van der Waals surface area (Å²) in [6.45, 7) is 1.71. The standard InChI is InChI=1S/C17H16INO4S/c1-11(20)19-9-8-12-6-7-16(24-12)15(21)10-23-17(22)13-4-2-3-5-14(13)18/h2-7H,8-10H2,1H3,(H,19,20). The molecule has 0 saturated carbocycles. The molecule has 0 bridgehead atoms. The Morgan fingerprint density at radius 3 is 2.62 bits per heavy atom. The quantitative estimate of drug-likeness (QED) is 0.394. The first kappa shape index (κ1) is 18.6. The summed E-state index contributed by atoms with van der Waals surface area (Å²) in [7, 11) is 0. The number of rotatable bonds is 7. The van der Waals surface area contributed by atoms with Gasteiger partial charge in [0.15, 0.2) is 6.61 Å². The van der Waals surface area contributed by atoms with Gasteiger partial charge in [0.25, 0.3) is 0 Å². The van der Waals surface area contributed by atoms with Gasteiger partial charge in [-0.2, -0.15) is 0 Å².